The van der Waals surface area contributed by atoms with Gasteiger partial charge >= 0.3 is 0 Å². The fourth-order valence-corrected chi connectivity index (χ4v) is 3.05. The van der Waals surface area contributed by atoms with Crippen molar-refractivity contribution in [3.05, 3.63) is 0 Å². The Kier molecular flexibility index (Phi) is 4.43. The monoisotopic (exact) mass is 238 g/mol. The van der Waals surface area contributed by atoms with Gasteiger partial charge in [-0.15, -0.1) is 0 Å². The Morgan fingerprint density at radius 1 is 1.06 bits per heavy atom. The van der Waals surface area contributed by atoms with Crippen LogP contribution in [0.25, 0.3) is 0 Å². The number of hydrogen-bond acceptors (Lipinski definition) is 2. The van der Waals surface area contributed by atoms with Gasteiger partial charge in [-0.3, -0.25) is 4.79 Å². The lowest BCUT2D eigenvalue weighted by Gasteiger charge is -2.37. The average molecular weight is 238 g/mol. The molecule has 2 saturated heterocycles. The van der Waals surface area contributed by atoms with Gasteiger partial charge in [0.15, 0.2) is 0 Å². The molecule has 3 nitrogen and oxygen atoms in total. The van der Waals surface area contributed by atoms with Crippen LogP contribution in [0.15, 0.2) is 0 Å². The van der Waals surface area contributed by atoms with Gasteiger partial charge in [0.25, 0.3) is 0 Å². The maximum absolute atomic E-state index is 12.4. The molecule has 0 aromatic rings. The number of piperidine rings is 2. The van der Waals surface area contributed by atoms with Gasteiger partial charge in [-0.2, -0.15) is 0 Å². The predicted octanol–water partition coefficient (Wildman–Crippen LogP) is 2.12. The van der Waals surface area contributed by atoms with Crippen molar-refractivity contribution in [2.45, 2.75) is 52.0 Å². The highest BCUT2D eigenvalue weighted by molar-refractivity contribution is 5.79. The highest BCUT2D eigenvalue weighted by Crippen LogP contribution is 2.22. The van der Waals surface area contributed by atoms with Gasteiger partial charge in [0.2, 0.25) is 5.91 Å². The van der Waals surface area contributed by atoms with Crippen molar-refractivity contribution < 1.29 is 4.79 Å². The van der Waals surface area contributed by atoms with Crippen LogP contribution in [-0.2, 0) is 4.79 Å². The van der Waals surface area contributed by atoms with Crippen LogP contribution in [0.3, 0.4) is 0 Å². The first-order valence-corrected chi connectivity index (χ1v) is 7.21. The number of hydrogen-bond donors (Lipinski definition) is 0. The first-order valence-electron chi connectivity index (χ1n) is 7.21. The lowest BCUT2D eigenvalue weighted by Crippen LogP contribution is -2.48. The predicted molar refractivity (Wildman–Crippen MR) is 69.9 cm³/mol. The molecule has 0 saturated carbocycles. The van der Waals surface area contributed by atoms with Gasteiger partial charge < -0.3 is 9.80 Å². The first kappa shape index (κ1) is 12.9. The van der Waals surface area contributed by atoms with E-state index < -0.39 is 0 Å². The number of nitrogens with zero attached hydrogens (tertiary/aromatic N) is 2. The highest BCUT2D eigenvalue weighted by atomic mass is 16.2. The van der Waals surface area contributed by atoms with Crippen LogP contribution in [0, 0.1) is 5.92 Å². The van der Waals surface area contributed by atoms with E-state index >= 15 is 0 Å². The summed E-state index contributed by atoms with van der Waals surface area (Å²) in [5.41, 5.74) is 0. The van der Waals surface area contributed by atoms with Crippen LogP contribution in [0.2, 0.25) is 0 Å². The second-order valence-electron chi connectivity index (χ2n) is 5.81. The maximum atomic E-state index is 12.4. The molecule has 2 fully saturated rings. The molecule has 98 valence electrons. The zero-order valence-corrected chi connectivity index (χ0v) is 11.3. The summed E-state index contributed by atoms with van der Waals surface area (Å²) in [6, 6.07) is 0.576. The fraction of sp³-hybridized carbons (Fsp3) is 0.929. The van der Waals surface area contributed by atoms with Crippen molar-refractivity contribution in [2.75, 3.05) is 26.2 Å². The molecule has 2 aliphatic heterocycles. The number of carbonyl (C=O) groups is 1. The molecule has 0 unspecified atom stereocenters. The van der Waals surface area contributed by atoms with E-state index in [-0.39, 0.29) is 5.92 Å². The summed E-state index contributed by atoms with van der Waals surface area (Å²) in [6.07, 6.45) is 5.98. The Morgan fingerprint density at radius 2 is 1.76 bits per heavy atom. The van der Waals surface area contributed by atoms with Gasteiger partial charge in [0.05, 0.1) is 5.92 Å². The summed E-state index contributed by atoms with van der Waals surface area (Å²) in [7, 11) is 0. The van der Waals surface area contributed by atoms with Crippen LogP contribution >= 0.6 is 0 Å². The Bertz CT molecular complexity index is 259. The molecule has 2 aliphatic rings. The smallest absolute Gasteiger partial charge is 0.226 e. The van der Waals surface area contributed by atoms with E-state index in [1.54, 1.807) is 0 Å². The van der Waals surface area contributed by atoms with E-state index in [2.05, 4.69) is 23.6 Å². The Labute approximate surface area is 105 Å². The van der Waals surface area contributed by atoms with Crippen LogP contribution < -0.4 is 0 Å². The molecule has 17 heavy (non-hydrogen) atoms. The second kappa shape index (κ2) is 5.85. The molecule has 0 spiro atoms. The summed E-state index contributed by atoms with van der Waals surface area (Å²) >= 11 is 0. The molecule has 0 aromatic carbocycles. The standard InChI is InChI=1S/C14H26N2O/c1-12(2)16-10-6-7-13(11-16)14(17)15-8-4-3-5-9-15/h12-13H,3-11H2,1-2H3/t13-/m1/s1. The quantitative estimate of drug-likeness (QED) is 0.735. The molecular weight excluding hydrogens is 212 g/mol. The number of amides is 1. The topological polar surface area (TPSA) is 23.6 Å². The second-order valence-corrected chi connectivity index (χ2v) is 5.81. The summed E-state index contributed by atoms with van der Waals surface area (Å²) in [5, 5.41) is 0. The van der Waals surface area contributed by atoms with Crippen molar-refractivity contribution in [2.24, 2.45) is 5.92 Å². The highest BCUT2D eigenvalue weighted by Gasteiger charge is 2.30. The minimum Gasteiger partial charge on any atom is -0.342 e. The third kappa shape index (κ3) is 3.21. The fourth-order valence-electron chi connectivity index (χ4n) is 3.05. The normalized spacial score (nSPS) is 27.5. The first-order chi connectivity index (χ1) is 8.18. The Balaban J connectivity index is 1.89. The molecule has 0 radical (unpaired) electrons. The van der Waals surface area contributed by atoms with Gasteiger partial charge in [-0.05, 0) is 52.5 Å². The molecule has 3 heteroatoms. The molecule has 2 heterocycles. The molecule has 1 amide bonds. The average Bonchev–Trinajstić information content (AvgIpc) is 2.39. The SMILES string of the molecule is CC(C)N1CCC[C@@H](C(=O)N2CCCCC2)C1. The lowest BCUT2D eigenvalue weighted by molar-refractivity contribution is -0.138. The lowest BCUT2D eigenvalue weighted by atomic mass is 9.94. The molecule has 0 aliphatic carbocycles. The van der Waals surface area contributed by atoms with Crippen molar-refractivity contribution in [1.29, 1.82) is 0 Å². The summed E-state index contributed by atoms with van der Waals surface area (Å²) in [5.74, 6) is 0.694. The summed E-state index contributed by atoms with van der Waals surface area (Å²) < 4.78 is 0. The Hall–Kier alpha value is -0.570. The van der Waals surface area contributed by atoms with Crippen molar-refractivity contribution in [3.8, 4) is 0 Å². The maximum Gasteiger partial charge on any atom is 0.226 e. The van der Waals surface area contributed by atoms with Crippen molar-refractivity contribution in [1.82, 2.24) is 9.80 Å². The summed E-state index contributed by atoms with van der Waals surface area (Å²) in [6.45, 7) is 8.60. The third-order valence-electron chi connectivity index (χ3n) is 4.20. The number of rotatable bonds is 2. The minimum atomic E-state index is 0.268. The van der Waals surface area contributed by atoms with Gasteiger partial charge in [-0.25, -0.2) is 0 Å². The largest absolute Gasteiger partial charge is 0.342 e. The Morgan fingerprint density at radius 3 is 2.41 bits per heavy atom. The molecule has 0 bridgehead atoms. The number of likely N-dealkylation sites (tertiary alicyclic amines) is 2. The number of carbonyl (C=O) groups excluding carboxylic acids is 1. The minimum absolute atomic E-state index is 0.268. The van der Waals surface area contributed by atoms with Crippen LogP contribution in [-0.4, -0.2) is 47.9 Å². The van der Waals surface area contributed by atoms with Gasteiger partial charge in [-0.1, -0.05) is 0 Å². The van der Waals surface area contributed by atoms with E-state index in [0.29, 0.717) is 11.9 Å². The molecular formula is C14H26N2O. The van der Waals surface area contributed by atoms with E-state index in [0.717, 1.165) is 26.1 Å². The van der Waals surface area contributed by atoms with Gasteiger partial charge in [0.1, 0.15) is 0 Å². The van der Waals surface area contributed by atoms with Crippen LogP contribution in [0.5, 0.6) is 0 Å². The van der Waals surface area contributed by atoms with Gasteiger partial charge in [0, 0.05) is 25.7 Å². The summed E-state index contributed by atoms with van der Waals surface area (Å²) in [4.78, 5) is 17.0. The van der Waals surface area contributed by atoms with Crippen molar-refractivity contribution in [3.63, 3.8) is 0 Å². The zero-order valence-electron chi connectivity index (χ0n) is 11.3. The molecule has 2 rings (SSSR count). The van der Waals surface area contributed by atoms with E-state index in [9.17, 15) is 4.79 Å². The van der Waals surface area contributed by atoms with Crippen molar-refractivity contribution >= 4 is 5.91 Å². The van der Waals surface area contributed by atoms with E-state index in [1.165, 1.54) is 32.2 Å². The van der Waals surface area contributed by atoms with E-state index in [4.69, 9.17) is 0 Å². The molecule has 1 atom stereocenters. The molecule has 0 N–H and O–H groups in total. The third-order valence-corrected chi connectivity index (χ3v) is 4.20. The van der Waals surface area contributed by atoms with Crippen LogP contribution in [0.4, 0.5) is 0 Å². The zero-order chi connectivity index (χ0) is 12.3. The molecule has 0 aromatic heterocycles. The van der Waals surface area contributed by atoms with Crippen LogP contribution in [0.1, 0.15) is 46.0 Å². The van der Waals surface area contributed by atoms with E-state index in [1.807, 2.05) is 0 Å².